The van der Waals surface area contributed by atoms with Gasteiger partial charge in [-0.1, -0.05) is 36.8 Å². The van der Waals surface area contributed by atoms with Crippen molar-refractivity contribution in [1.29, 1.82) is 0 Å². The number of benzene rings is 1. The number of aliphatic hydroxyl groups excluding tert-OH is 1. The molecule has 1 saturated heterocycles. The van der Waals surface area contributed by atoms with Gasteiger partial charge in [0.15, 0.2) is 0 Å². The van der Waals surface area contributed by atoms with Crippen molar-refractivity contribution in [2.24, 2.45) is 5.41 Å². The second kappa shape index (κ2) is 5.02. The molecule has 1 aromatic carbocycles. The first kappa shape index (κ1) is 12.2. The largest absolute Gasteiger partial charge is 0.393 e. The molecule has 0 unspecified atom stereocenters. The molecule has 2 nitrogen and oxygen atoms in total. The van der Waals surface area contributed by atoms with Crippen molar-refractivity contribution in [2.75, 3.05) is 13.1 Å². The SMILES string of the molecule is O[C@H]1CCC[C@@]12CCCN(Cc1ccccc1)C2. The first-order chi connectivity index (χ1) is 8.78. The molecule has 18 heavy (non-hydrogen) atoms. The highest BCUT2D eigenvalue weighted by Gasteiger charge is 2.44. The molecule has 1 spiro atoms. The number of rotatable bonds is 2. The van der Waals surface area contributed by atoms with E-state index in [0.29, 0.717) is 0 Å². The van der Waals surface area contributed by atoms with Crippen molar-refractivity contribution in [3.05, 3.63) is 35.9 Å². The number of nitrogens with zero attached hydrogens (tertiary/aromatic N) is 1. The van der Waals surface area contributed by atoms with Crippen LogP contribution < -0.4 is 0 Å². The van der Waals surface area contributed by atoms with Crippen molar-refractivity contribution < 1.29 is 5.11 Å². The van der Waals surface area contributed by atoms with Crippen LogP contribution in [0, 0.1) is 5.41 Å². The second-order valence-electron chi connectivity index (χ2n) is 6.07. The summed E-state index contributed by atoms with van der Waals surface area (Å²) in [4.78, 5) is 2.54. The van der Waals surface area contributed by atoms with Gasteiger partial charge in [-0.3, -0.25) is 4.90 Å². The van der Waals surface area contributed by atoms with Gasteiger partial charge in [-0.05, 0) is 37.8 Å². The Balaban J connectivity index is 1.67. The molecule has 2 fully saturated rings. The standard InChI is InChI=1S/C16H23NO/c18-15-8-4-9-16(15)10-5-11-17(13-16)12-14-6-2-1-3-7-14/h1-3,6-7,15,18H,4-5,8-13H2/t15-,16-/m0/s1. The lowest BCUT2D eigenvalue weighted by Crippen LogP contribution is -2.46. The summed E-state index contributed by atoms with van der Waals surface area (Å²) < 4.78 is 0. The topological polar surface area (TPSA) is 23.5 Å². The van der Waals surface area contributed by atoms with Crippen LogP contribution in [0.5, 0.6) is 0 Å². The molecule has 2 aliphatic rings. The molecule has 3 rings (SSSR count). The third-order valence-corrected chi connectivity index (χ3v) is 4.80. The highest BCUT2D eigenvalue weighted by molar-refractivity contribution is 5.14. The van der Waals surface area contributed by atoms with Gasteiger partial charge in [-0.2, -0.15) is 0 Å². The fourth-order valence-corrected chi connectivity index (χ4v) is 3.83. The minimum atomic E-state index is -0.0592. The minimum Gasteiger partial charge on any atom is -0.393 e. The normalized spacial score (nSPS) is 33.1. The van der Waals surface area contributed by atoms with Crippen molar-refractivity contribution in [2.45, 2.75) is 44.8 Å². The number of likely N-dealkylation sites (tertiary alicyclic amines) is 1. The average molecular weight is 245 g/mol. The molecule has 1 heterocycles. The van der Waals surface area contributed by atoms with Crippen LogP contribution in [0.3, 0.4) is 0 Å². The predicted molar refractivity (Wildman–Crippen MR) is 73.2 cm³/mol. The maximum Gasteiger partial charge on any atom is 0.0608 e. The van der Waals surface area contributed by atoms with E-state index in [0.717, 1.165) is 19.5 Å². The first-order valence-electron chi connectivity index (χ1n) is 7.23. The summed E-state index contributed by atoms with van der Waals surface area (Å²) in [6.07, 6.45) is 5.85. The Morgan fingerprint density at radius 2 is 1.94 bits per heavy atom. The van der Waals surface area contributed by atoms with Crippen molar-refractivity contribution in [1.82, 2.24) is 4.90 Å². The Morgan fingerprint density at radius 3 is 2.67 bits per heavy atom. The van der Waals surface area contributed by atoms with Crippen LogP contribution in [-0.4, -0.2) is 29.2 Å². The molecule has 0 aromatic heterocycles. The molecule has 0 amide bonds. The van der Waals surface area contributed by atoms with E-state index in [1.165, 1.54) is 37.8 Å². The maximum absolute atomic E-state index is 10.3. The molecular weight excluding hydrogens is 222 g/mol. The Morgan fingerprint density at radius 1 is 1.17 bits per heavy atom. The van der Waals surface area contributed by atoms with E-state index in [2.05, 4.69) is 35.2 Å². The average Bonchev–Trinajstić information content (AvgIpc) is 2.72. The third kappa shape index (κ3) is 2.32. The fraction of sp³-hybridized carbons (Fsp3) is 0.625. The van der Waals surface area contributed by atoms with E-state index in [-0.39, 0.29) is 11.5 Å². The molecule has 1 aromatic rings. The summed E-state index contributed by atoms with van der Waals surface area (Å²) in [7, 11) is 0. The Hall–Kier alpha value is -0.860. The number of aliphatic hydroxyl groups is 1. The van der Waals surface area contributed by atoms with Crippen LogP contribution in [0.4, 0.5) is 0 Å². The Bertz CT molecular complexity index is 391. The van der Waals surface area contributed by atoms with Gasteiger partial charge in [0.25, 0.3) is 0 Å². The monoisotopic (exact) mass is 245 g/mol. The zero-order valence-electron chi connectivity index (χ0n) is 11.0. The van der Waals surface area contributed by atoms with Crippen LogP contribution in [0.1, 0.15) is 37.7 Å². The number of hydrogen-bond acceptors (Lipinski definition) is 2. The van der Waals surface area contributed by atoms with E-state index >= 15 is 0 Å². The van der Waals surface area contributed by atoms with E-state index in [1.54, 1.807) is 0 Å². The molecule has 2 atom stereocenters. The van der Waals surface area contributed by atoms with E-state index in [9.17, 15) is 5.11 Å². The Kier molecular flexibility index (Phi) is 3.40. The summed E-state index contributed by atoms with van der Waals surface area (Å²) in [5.41, 5.74) is 1.61. The quantitative estimate of drug-likeness (QED) is 0.866. The Labute approximate surface area is 110 Å². The smallest absolute Gasteiger partial charge is 0.0608 e. The molecule has 1 aliphatic heterocycles. The summed E-state index contributed by atoms with van der Waals surface area (Å²) in [5.74, 6) is 0. The summed E-state index contributed by atoms with van der Waals surface area (Å²) in [5, 5.41) is 10.3. The van der Waals surface area contributed by atoms with Crippen molar-refractivity contribution in [3.63, 3.8) is 0 Å². The zero-order chi connectivity index (χ0) is 12.4. The van der Waals surface area contributed by atoms with Crippen LogP contribution in [0.2, 0.25) is 0 Å². The van der Waals surface area contributed by atoms with Gasteiger partial charge in [-0.15, -0.1) is 0 Å². The number of hydrogen-bond donors (Lipinski definition) is 1. The van der Waals surface area contributed by atoms with Crippen molar-refractivity contribution >= 4 is 0 Å². The fourth-order valence-electron chi connectivity index (χ4n) is 3.83. The van der Waals surface area contributed by atoms with Crippen LogP contribution in [-0.2, 0) is 6.54 Å². The lowest BCUT2D eigenvalue weighted by molar-refractivity contribution is -0.0120. The van der Waals surface area contributed by atoms with Gasteiger partial charge in [0.1, 0.15) is 0 Å². The highest BCUT2D eigenvalue weighted by atomic mass is 16.3. The molecule has 1 saturated carbocycles. The van der Waals surface area contributed by atoms with E-state index < -0.39 is 0 Å². The lowest BCUT2D eigenvalue weighted by atomic mass is 9.76. The van der Waals surface area contributed by atoms with Gasteiger partial charge in [0, 0.05) is 18.5 Å². The van der Waals surface area contributed by atoms with Crippen LogP contribution in [0.25, 0.3) is 0 Å². The molecule has 0 radical (unpaired) electrons. The summed E-state index contributed by atoms with van der Waals surface area (Å²) >= 11 is 0. The molecular formula is C16H23NO. The maximum atomic E-state index is 10.3. The zero-order valence-corrected chi connectivity index (χ0v) is 11.0. The van der Waals surface area contributed by atoms with Gasteiger partial charge in [-0.25, -0.2) is 0 Å². The van der Waals surface area contributed by atoms with Crippen LogP contribution in [0.15, 0.2) is 30.3 Å². The second-order valence-corrected chi connectivity index (χ2v) is 6.07. The summed E-state index contributed by atoms with van der Waals surface area (Å²) in [6.45, 7) is 3.31. The van der Waals surface area contributed by atoms with Gasteiger partial charge in [0.2, 0.25) is 0 Å². The molecule has 98 valence electrons. The van der Waals surface area contributed by atoms with Gasteiger partial charge in [0.05, 0.1) is 6.10 Å². The van der Waals surface area contributed by atoms with E-state index in [1.807, 2.05) is 0 Å². The minimum absolute atomic E-state index is 0.0592. The molecule has 0 bridgehead atoms. The lowest BCUT2D eigenvalue weighted by Gasteiger charge is -2.42. The highest BCUT2D eigenvalue weighted by Crippen LogP contribution is 2.45. The van der Waals surface area contributed by atoms with Gasteiger partial charge < -0.3 is 5.11 Å². The first-order valence-corrected chi connectivity index (χ1v) is 7.23. The molecule has 2 heteroatoms. The number of piperidine rings is 1. The van der Waals surface area contributed by atoms with Crippen molar-refractivity contribution in [3.8, 4) is 0 Å². The molecule has 1 aliphatic carbocycles. The van der Waals surface area contributed by atoms with Crippen LogP contribution >= 0.6 is 0 Å². The third-order valence-electron chi connectivity index (χ3n) is 4.80. The van der Waals surface area contributed by atoms with Gasteiger partial charge >= 0.3 is 0 Å². The predicted octanol–water partition coefficient (Wildman–Crippen LogP) is 2.81. The van der Waals surface area contributed by atoms with E-state index in [4.69, 9.17) is 0 Å². The molecule has 1 N–H and O–H groups in total. The summed E-state index contributed by atoms with van der Waals surface area (Å²) in [6, 6.07) is 10.7.